The van der Waals surface area contributed by atoms with Crippen molar-refractivity contribution >= 4 is 0 Å². The lowest BCUT2D eigenvalue weighted by Crippen LogP contribution is -2.40. The molecular weight excluding hydrogens is 257 g/mol. The molecule has 0 aromatic rings. The number of allylic oxidation sites excluding steroid dienone is 3. The van der Waals surface area contributed by atoms with Crippen LogP contribution < -0.4 is 11.1 Å². The second kappa shape index (κ2) is 6.13. The number of aliphatic hydroxyl groups is 1. The highest BCUT2D eigenvalue weighted by Crippen LogP contribution is 2.38. The van der Waals surface area contributed by atoms with Gasteiger partial charge in [0.05, 0.1) is 6.04 Å². The highest BCUT2D eigenvalue weighted by molar-refractivity contribution is 5.36. The summed E-state index contributed by atoms with van der Waals surface area (Å²) in [6, 6.07) is -0.299. The van der Waals surface area contributed by atoms with E-state index in [4.69, 9.17) is 5.73 Å². The van der Waals surface area contributed by atoms with Crippen molar-refractivity contribution in [2.75, 3.05) is 6.54 Å². The van der Waals surface area contributed by atoms with Crippen molar-refractivity contribution in [3.05, 3.63) is 47.8 Å². The molecule has 0 aromatic heterocycles. The van der Waals surface area contributed by atoms with Crippen LogP contribution in [0.1, 0.15) is 20.3 Å². The predicted molar refractivity (Wildman–Crippen MR) is 77.8 cm³/mol. The lowest BCUT2D eigenvalue weighted by molar-refractivity contribution is 0.159. The number of nitrogens with zero attached hydrogens (tertiary/aromatic N) is 1. The van der Waals surface area contributed by atoms with Gasteiger partial charge in [-0.05, 0) is 24.5 Å². The minimum atomic E-state index is -0.710. The van der Waals surface area contributed by atoms with Crippen LogP contribution in [-0.2, 0) is 0 Å². The van der Waals surface area contributed by atoms with Crippen LogP contribution in [0.15, 0.2) is 47.8 Å². The fourth-order valence-corrected chi connectivity index (χ4v) is 2.68. The van der Waals surface area contributed by atoms with Gasteiger partial charge in [0.2, 0.25) is 0 Å². The fraction of sp³-hybridized carbons (Fsp3) is 0.467. The molecule has 0 amide bonds. The van der Waals surface area contributed by atoms with E-state index in [1.165, 1.54) is 12.3 Å². The quantitative estimate of drug-likeness (QED) is 0.717. The zero-order chi connectivity index (χ0) is 14.7. The Kier molecular flexibility index (Phi) is 4.49. The van der Waals surface area contributed by atoms with Crippen LogP contribution in [0.3, 0.4) is 0 Å². The Morgan fingerprint density at radius 1 is 1.50 bits per heavy atom. The van der Waals surface area contributed by atoms with E-state index in [9.17, 15) is 9.50 Å². The molecule has 2 unspecified atom stereocenters. The van der Waals surface area contributed by atoms with Gasteiger partial charge in [-0.25, -0.2) is 4.39 Å². The van der Waals surface area contributed by atoms with Crippen molar-refractivity contribution in [1.82, 2.24) is 10.2 Å². The minimum absolute atomic E-state index is 0.150. The number of nitrogens with one attached hydrogen (secondary N) is 1. The molecule has 2 aliphatic heterocycles. The normalized spacial score (nSPS) is 23.6. The molecule has 20 heavy (non-hydrogen) atoms. The van der Waals surface area contributed by atoms with Gasteiger partial charge in [-0.2, -0.15) is 0 Å². The molecule has 0 radical (unpaired) electrons. The number of hydrogen-bond acceptors (Lipinski definition) is 4. The number of aliphatic hydroxyl groups excluding tert-OH is 1. The molecule has 110 valence electrons. The maximum Gasteiger partial charge on any atom is 0.123 e. The molecule has 5 heteroatoms. The molecule has 0 aromatic carbocycles. The van der Waals surface area contributed by atoms with Crippen molar-refractivity contribution in [3.63, 3.8) is 0 Å². The summed E-state index contributed by atoms with van der Waals surface area (Å²) in [5.41, 5.74) is 7.04. The topological polar surface area (TPSA) is 61.5 Å². The zero-order valence-electron chi connectivity index (χ0n) is 11.9. The van der Waals surface area contributed by atoms with Gasteiger partial charge < -0.3 is 21.1 Å². The van der Waals surface area contributed by atoms with E-state index in [2.05, 4.69) is 25.2 Å². The van der Waals surface area contributed by atoms with Crippen LogP contribution in [0.25, 0.3) is 0 Å². The molecule has 0 aliphatic carbocycles. The lowest BCUT2D eigenvalue weighted by atomic mass is 10.0. The molecule has 4 nitrogen and oxygen atoms in total. The van der Waals surface area contributed by atoms with E-state index in [1.54, 1.807) is 12.3 Å². The van der Waals surface area contributed by atoms with Gasteiger partial charge in [-0.1, -0.05) is 19.9 Å². The van der Waals surface area contributed by atoms with Crippen LogP contribution in [0, 0.1) is 5.92 Å². The summed E-state index contributed by atoms with van der Waals surface area (Å²) in [5, 5.41) is 13.2. The molecule has 0 bridgehead atoms. The van der Waals surface area contributed by atoms with Crippen LogP contribution >= 0.6 is 0 Å². The highest BCUT2D eigenvalue weighted by Gasteiger charge is 2.36. The standard InChI is InChI=1S/C15H22FN3O/c1-10(2)12-5-6-13-11(16)3-4-14(19(12)13)15(20)9-18-8-7-17/h3-5,7-8,10,13,15,18,20H,6,9,17H2,1-2H3/b8-7-. The monoisotopic (exact) mass is 279 g/mol. The van der Waals surface area contributed by atoms with Gasteiger partial charge in [-0.3, -0.25) is 0 Å². The average molecular weight is 279 g/mol. The molecule has 2 aliphatic rings. The zero-order valence-corrected chi connectivity index (χ0v) is 11.9. The van der Waals surface area contributed by atoms with E-state index in [0.29, 0.717) is 18.9 Å². The largest absolute Gasteiger partial charge is 0.403 e. The molecule has 2 heterocycles. The van der Waals surface area contributed by atoms with Crippen LogP contribution in [0.4, 0.5) is 4.39 Å². The Labute approximate surface area is 119 Å². The first-order chi connectivity index (χ1) is 9.56. The average Bonchev–Trinajstić information content (AvgIpc) is 2.85. The van der Waals surface area contributed by atoms with E-state index >= 15 is 0 Å². The third-order valence-electron chi connectivity index (χ3n) is 3.61. The van der Waals surface area contributed by atoms with E-state index in [-0.39, 0.29) is 11.9 Å². The van der Waals surface area contributed by atoms with E-state index < -0.39 is 6.10 Å². The number of halogens is 1. The van der Waals surface area contributed by atoms with Gasteiger partial charge in [0, 0.05) is 30.3 Å². The maximum absolute atomic E-state index is 13.9. The lowest BCUT2D eigenvalue weighted by Gasteiger charge is -2.37. The Balaban J connectivity index is 2.19. The van der Waals surface area contributed by atoms with Gasteiger partial charge in [0.1, 0.15) is 11.9 Å². The summed E-state index contributed by atoms with van der Waals surface area (Å²) < 4.78 is 13.9. The minimum Gasteiger partial charge on any atom is -0.403 e. The van der Waals surface area contributed by atoms with Crippen molar-refractivity contribution in [2.45, 2.75) is 32.4 Å². The second-order valence-electron chi connectivity index (χ2n) is 5.33. The van der Waals surface area contributed by atoms with Gasteiger partial charge in [0.25, 0.3) is 0 Å². The number of hydrogen-bond donors (Lipinski definition) is 3. The van der Waals surface area contributed by atoms with E-state index in [1.807, 2.05) is 4.90 Å². The summed E-state index contributed by atoms with van der Waals surface area (Å²) >= 11 is 0. The first-order valence-corrected chi connectivity index (χ1v) is 6.91. The first-order valence-electron chi connectivity index (χ1n) is 6.91. The molecule has 0 fully saturated rings. The van der Waals surface area contributed by atoms with Gasteiger partial charge in [0.15, 0.2) is 0 Å². The maximum atomic E-state index is 13.9. The SMILES string of the molecule is CC(C)C1=CCC2C(F)=CC=C(C(O)CN/C=C\N)N12. The summed E-state index contributed by atoms with van der Waals surface area (Å²) in [6.45, 7) is 4.48. The predicted octanol–water partition coefficient (Wildman–Crippen LogP) is 1.73. The summed E-state index contributed by atoms with van der Waals surface area (Å²) in [7, 11) is 0. The van der Waals surface area contributed by atoms with Crippen molar-refractivity contribution in [2.24, 2.45) is 11.7 Å². The van der Waals surface area contributed by atoms with Crippen LogP contribution in [-0.4, -0.2) is 28.7 Å². The second-order valence-corrected chi connectivity index (χ2v) is 5.33. The Bertz CT molecular complexity index is 480. The smallest absolute Gasteiger partial charge is 0.123 e. The fourth-order valence-electron chi connectivity index (χ4n) is 2.68. The molecule has 2 atom stereocenters. The van der Waals surface area contributed by atoms with Crippen molar-refractivity contribution in [1.29, 1.82) is 0 Å². The van der Waals surface area contributed by atoms with Gasteiger partial charge >= 0.3 is 0 Å². The summed E-state index contributed by atoms with van der Waals surface area (Å²) in [4.78, 5) is 1.93. The Morgan fingerprint density at radius 3 is 2.90 bits per heavy atom. The molecular formula is C15H22FN3O. The van der Waals surface area contributed by atoms with Crippen molar-refractivity contribution < 1.29 is 9.50 Å². The molecule has 0 spiro atoms. The number of rotatable bonds is 5. The molecule has 2 rings (SSSR count). The Hall–Kier alpha value is -1.75. The third kappa shape index (κ3) is 2.72. The molecule has 0 saturated carbocycles. The third-order valence-corrected chi connectivity index (χ3v) is 3.61. The van der Waals surface area contributed by atoms with Gasteiger partial charge in [-0.15, -0.1) is 0 Å². The van der Waals surface area contributed by atoms with E-state index in [0.717, 1.165) is 11.4 Å². The van der Waals surface area contributed by atoms with Crippen molar-refractivity contribution in [3.8, 4) is 0 Å². The van der Waals surface area contributed by atoms with Crippen LogP contribution in [0.5, 0.6) is 0 Å². The summed E-state index contributed by atoms with van der Waals surface area (Å²) in [6.07, 6.45) is 8.06. The summed E-state index contributed by atoms with van der Waals surface area (Å²) in [5.74, 6) is 0.140. The number of fused-ring (bicyclic) bond motifs is 1. The van der Waals surface area contributed by atoms with Crippen LogP contribution in [0.2, 0.25) is 0 Å². The number of nitrogens with two attached hydrogens (primary N) is 1. The Morgan fingerprint density at radius 2 is 2.25 bits per heavy atom. The highest BCUT2D eigenvalue weighted by atomic mass is 19.1. The first kappa shape index (κ1) is 14.7. The molecule has 4 N–H and O–H groups in total. The molecule has 0 saturated heterocycles.